The van der Waals surface area contributed by atoms with Gasteiger partial charge in [0.1, 0.15) is 17.6 Å². The van der Waals surface area contributed by atoms with Crippen molar-refractivity contribution in [2.24, 2.45) is 0 Å². The van der Waals surface area contributed by atoms with Gasteiger partial charge in [-0.15, -0.1) is 0 Å². The summed E-state index contributed by atoms with van der Waals surface area (Å²) in [6.45, 7) is 0. The lowest BCUT2D eigenvalue weighted by atomic mass is 10.4. The molecule has 0 saturated heterocycles. The SMILES string of the molecule is N#Cc1cccn1-c1ccc(Cl)cn1. The van der Waals surface area contributed by atoms with Gasteiger partial charge in [0.05, 0.1) is 5.02 Å². The number of hydrogen-bond acceptors (Lipinski definition) is 2. The Hall–Kier alpha value is -1.79. The fraction of sp³-hybridized carbons (Fsp3) is 0. The summed E-state index contributed by atoms with van der Waals surface area (Å²) in [5.41, 5.74) is 0.555. The first-order chi connectivity index (χ1) is 6.81. The van der Waals surface area contributed by atoms with E-state index in [4.69, 9.17) is 16.9 Å². The Balaban J connectivity index is 2.50. The summed E-state index contributed by atoms with van der Waals surface area (Å²) in [6.07, 6.45) is 3.34. The van der Waals surface area contributed by atoms with E-state index in [0.29, 0.717) is 16.5 Å². The molecule has 0 atom stereocenters. The second-order valence-electron chi connectivity index (χ2n) is 2.71. The Morgan fingerprint density at radius 3 is 2.86 bits per heavy atom. The van der Waals surface area contributed by atoms with E-state index < -0.39 is 0 Å². The summed E-state index contributed by atoms with van der Waals surface area (Å²) in [5.74, 6) is 0.691. The number of nitriles is 1. The molecule has 0 N–H and O–H groups in total. The highest BCUT2D eigenvalue weighted by Crippen LogP contribution is 2.12. The van der Waals surface area contributed by atoms with Gasteiger partial charge in [-0.2, -0.15) is 5.26 Å². The van der Waals surface area contributed by atoms with Crippen molar-refractivity contribution in [3.63, 3.8) is 0 Å². The normalized spacial score (nSPS) is 9.71. The molecule has 0 aliphatic rings. The van der Waals surface area contributed by atoms with Gasteiger partial charge in [-0.25, -0.2) is 4.98 Å². The highest BCUT2D eigenvalue weighted by molar-refractivity contribution is 6.30. The second kappa shape index (κ2) is 3.52. The predicted octanol–water partition coefficient (Wildman–Crippen LogP) is 2.40. The maximum Gasteiger partial charge on any atom is 0.137 e. The Kier molecular flexibility index (Phi) is 2.21. The molecule has 0 aliphatic heterocycles. The summed E-state index contributed by atoms with van der Waals surface area (Å²) in [4.78, 5) is 4.11. The van der Waals surface area contributed by atoms with Crippen LogP contribution in [0.25, 0.3) is 5.82 Å². The number of hydrogen-bond donors (Lipinski definition) is 0. The van der Waals surface area contributed by atoms with Crippen LogP contribution in [0, 0.1) is 11.3 Å². The summed E-state index contributed by atoms with van der Waals surface area (Å²) in [7, 11) is 0. The monoisotopic (exact) mass is 203 g/mol. The molecule has 0 saturated carbocycles. The van der Waals surface area contributed by atoms with E-state index in [2.05, 4.69) is 11.1 Å². The second-order valence-corrected chi connectivity index (χ2v) is 3.15. The first-order valence-electron chi connectivity index (χ1n) is 4.00. The molecule has 68 valence electrons. The molecule has 0 radical (unpaired) electrons. The van der Waals surface area contributed by atoms with Gasteiger partial charge in [-0.3, -0.25) is 4.57 Å². The Labute approximate surface area is 86.2 Å². The maximum absolute atomic E-state index is 8.80. The van der Waals surface area contributed by atoms with Gasteiger partial charge < -0.3 is 0 Å². The van der Waals surface area contributed by atoms with Gasteiger partial charge >= 0.3 is 0 Å². The van der Waals surface area contributed by atoms with Crippen molar-refractivity contribution in [3.8, 4) is 11.9 Å². The molecule has 2 aromatic heterocycles. The van der Waals surface area contributed by atoms with Crippen molar-refractivity contribution >= 4 is 11.6 Å². The number of halogens is 1. The molecule has 0 spiro atoms. The first-order valence-corrected chi connectivity index (χ1v) is 4.38. The van der Waals surface area contributed by atoms with E-state index in [1.54, 1.807) is 41.2 Å². The summed E-state index contributed by atoms with van der Waals surface area (Å²) in [5, 5.41) is 9.38. The van der Waals surface area contributed by atoms with Crippen LogP contribution < -0.4 is 0 Å². The van der Waals surface area contributed by atoms with Crippen LogP contribution in [0.2, 0.25) is 5.02 Å². The van der Waals surface area contributed by atoms with Crippen LogP contribution in [0.4, 0.5) is 0 Å². The third kappa shape index (κ3) is 1.48. The summed E-state index contributed by atoms with van der Waals surface area (Å²) >= 11 is 5.71. The molecule has 2 rings (SSSR count). The minimum Gasteiger partial charge on any atom is -0.293 e. The topological polar surface area (TPSA) is 41.6 Å². The van der Waals surface area contributed by atoms with E-state index in [9.17, 15) is 0 Å². The standard InChI is InChI=1S/C10H6ClN3/c11-8-3-4-10(13-7-8)14-5-1-2-9(14)6-12/h1-5,7H. The average molecular weight is 204 g/mol. The molecule has 0 amide bonds. The van der Waals surface area contributed by atoms with Crippen LogP contribution >= 0.6 is 11.6 Å². The molecular weight excluding hydrogens is 198 g/mol. The van der Waals surface area contributed by atoms with Crippen LogP contribution in [0.15, 0.2) is 36.7 Å². The molecule has 0 fully saturated rings. The zero-order valence-corrected chi connectivity index (χ0v) is 7.94. The molecule has 0 aliphatic carbocycles. The molecule has 0 unspecified atom stereocenters. The van der Waals surface area contributed by atoms with E-state index in [0.717, 1.165) is 0 Å². The molecule has 2 aromatic rings. The van der Waals surface area contributed by atoms with E-state index in [1.165, 1.54) is 0 Å². The van der Waals surface area contributed by atoms with E-state index in [-0.39, 0.29) is 0 Å². The average Bonchev–Trinajstić information content (AvgIpc) is 2.67. The fourth-order valence-electron chi connectivity index (χ4n) is 1.18. The Bertz CT molecular complexity index is 479. The quantitative estimate of drug-likeness (QED) is 0.714. The smallest absolute Gasteiger partial charge is 0.137 e. The van der Waals surface area contributed by atoms with Crippen LogP contribution in [-0.2, 0) is 0 Å². The maximum atomic E-state index is 8.80. The lowest BCUT2D eigenvalue weighted by molar-refractivity contribution is 0.989. The molecule has 2 heterocycles. The van der Waals surface area contributed by atoms with Crippen LogP contribution in [0.5, 0.6) is 0 Å². The van der Waals surface area contributed by atoms with Crippen LogP contribution in [-0.4, -0.2) is 9.55 Å². The number of aromatic nitrogens is 2. The largest absolute Gasteiger partial charge is 0.293 e. The Morgan fingerprint density at radius 2 is 2.21 bits per heavy atom. The van der Waals surface area contributed by atoms with Crippen LogP contribution in [0.3, 0.4) is 0 Å². The van der Waals surface area contributed by atoms with Gasteiger partial charge in [0.2, 0.25) is 0 Å². The minimum atomic E-state index is 0.555. The zero-order chi connectivity index (χ0) is 9.97. The summed E-state index contributed by atoms with van der Waals surface area (Å²) in [6, 6.07) is 9.12. The number of pyridine rings is 1. The van der Waals surface area contributed by atoms with E-state index >= 15 is 0 Å². The lowest BCUT2D eigenvalue weighted by Gasteiger charge is -2.02. The van der Waals surface area contributed by atoms with Crippen molar-refractivity contribution in [1.29, 1.82) is 5.26 Å². The van der Waals surface area contributed by atoms with Crippen LogP contribution in [0.1, 0.15) is 5.69 Å². The summed E-state index contributed by atoms with van der Waals surface area (Å²) < 4.78 is 1.70. The zero-order valence-electron chi connectivity index (χ0n) is 7.18. The van der Waals surface area contributed by atoms with Gasteiger partial charge in [-0.05, 0) is 24.3 Å². The van der Waals surface area contributed by atoms with Crippen molar-refractivity contribution in [1.82, 2.24) is 9.55 Å². The molecule has 0 bridgehead atoms. The number of nitrogens with zero attached hydrogens (tertiary/aromatic N) is 3. The molecule has 4 heteroatoms. The molecule has 3 nitrogen and oxygen atoms in total. The van der Waals surface area contributed by atoms with Gasteiger partial charge in [0, 0.05) is 12.4 Å². The van der Waals surface area contributed by atoms with Crippen molar-refractivity contribution < 1.29 is 0 Å². The third-order valence-electron chi connectivity index (χ3n) is 1.82. The van der Waals surface area contributed by atoms with E-state index in [1.807, 2.05) is 0 Å². The molecule has 14 heavy (non-hydrogen) atoms. The fourth-order valence-corrected chi connectivity index (χ4v) is 1.29. The van der Waals surface area contributed by atoms with Crippen molar-refractivity contribution in [2.45, 2.75) is 0 Å². The van der Waals surface area contributed by atoms with Crippen molar-refractivity contribution in [3.05, 3.63) is 47.4 Å². The van der Waals surface area contributed by atoms with Gasteiger partial charge in [0.25, 0.3) is 0 Å². The minimum absolute atomic E-state index is 0.555. The molecular formula is C10H6ClN3. The third-order valence-corrected chi connectivity index (χ3v) is 2.05. The van der Waals surface area contributed by atoms with Gasteiger partial charge in [-0.1, -0.05) is 11.6 Å². The van der Waals surface area contributed by atoms with Gasteiger partial charge in [0.15, 0.2) is 0 Å². The highest BCUT2D eigenvalue weighted by Gasteiger charge is 2.02. The highest BCUT2D eigenvalue weighted by atomic mass is 35.5. The molecule has 0 aromatic carbocycles. The predicted molar refractivity (Wildman–Crippen MR) is 53.3 cm³/mol. The van der Waals surface area contributed by atoms with Crippen molar-refractivity contribution in [2.75, 3.05) is 0 Å². The lowest BCUT2D eigenvalue weighted by Crippen LogP contribution is -1.97. The number of rotatable bonds is 1. The first kappa shape index (κ1) is 8.79. The Morgan fingerprint density at radius 1 is 1.36 bits per heavy atom.